The van der Waals surface area contributed by atoms with Crippen LogP contribution in [0.15, 0.2) is 54.7 Å². The summed E-state index contributed by atoms with van der Waals surface area (Å²) in [5.41, 5.74) is 1.72. The molecule has 0 saturated carbocycles. The van der Waals surface area contributed by atoms with Gasteiger partial charge in [-0.2, -0.15) is 0 Å². The fourth-order valence-electron chi connectivity index (χ4n) is 6.15. The average molecular weight is 644 g/mol. The van der Waals surface area contributed by atoms with Crippen LogP contribution in [0.3, 0.4) is 0 Å². The number of benzene rings is 2. The van der Waals surface area contributed by atoms with Crippen LogP contribution in [0.1, 0.15) is 102 Å². The first-order chi connectivity index (χ1) is 22.1. The van der Waals surface area contributed by atoms with Gasteiger partial charge in [-0.25, -0.2) is 14.6 Å². The van der Waals surface area contributed by atoms with E-state index in [0.717, 1.165) is 11.3 Å². The normalized spacial score (nSPS) is 17.8. The molecule has 11 heteroatoms. The molecule has 47 heavy (non-hydrogen) atoms. The number of hydrogen-bond donors (Lipinski definition) is 0. The van der Waals surface area contributed by atoms with Gasteiger partial charge in [0.2, 0.25) is 11.7 Å². The van der Waals surface area contributed by atoms with Crippen LogP contribution in [0, 0.1) is 0 Å². The van der Waals surface area contributed by atoms with Gasteiger partial charge < -0.3 is 18.9 Å². The number of hydrogen-bond acceptors (Lipinski definition) is 7. The average Bonchev–Trinajstić information content (AvgIpc) is 3.42. The highest BCUT2D eigenvalue weighted by Gasteiger charge is 2.40. The topological polar surface area (TPSA) is 114 Å². The van der Waals surface area contributed by atoms with Crippen LogP contribution in [0.2, 0.25) is 0 Å². The largest absolute Gasteiger partial charge is 0.444 e. The zero-order valence-corrected chi connectivity index (χ0v) is 28.6. The second-order valence-electron chi connectivity index (χ2n) is 14.1. The molecule has 0 aliphatic carbocycles. The second kappa shape index (κ2) is 12.8. The molecule has 2 aliphatic rings. The molecule has 3 amide bonds. The lowest BCUT2D eigenvalue weighted by molar-refractivity contribution is -0.118. The minimum absolute atomic E-state index is 0.0229. The van der Waals surface area contributed by atoms with Crippen molar-refractivity contribution in [1.82, 2.24) is 14.5 Å². The van der Waals surface area contributed by atoms with Gasteiger partial charge in [0.05, 0.1) is 18.8 Å². The number of ketones is 1. The van der Waals surface area contributed by atoms with Crippen molar-refractivity contribution in [3.05, 3.63) is 77.4 Å². The van der Waals surface area contributed by atoms with Crippen molar-refractivity contribution in [2.45, 2.75) is 105 Å². The molecule has 5 rings (SSSR count). The summed E-state index contributed by atoms with van der Waals surface area (Å²) in [5.74, 6) is 0.420. The molecule has 2 atom stereocenters. The summed E-state index contributed by atoms with van der Waals surface area (Å²) in [7, 11) is 0. The van der Waals surface area contributed by atoms with Gasteiger partial charge in [-0.15, -0.1) is 0 Å². The molecule has 0 radical (unpaired) electrons. The smallest absolute Gasteiger partial charge is 0.415 e. The molecular weight excluding hydrogens is 598 g/mol. The zero-order valence-electron chi connectivity index (χ0n) is 28.6. The minimum Gasteiger partial charge on any atom is -0.444 e. The maximum atomic E-state index is 13.9. The number of nitrogens with zero attached hydrogens (tertiary/aromatic N) is 5. The summed E-state index contributed by atoms with van der Waals surface area (Å²) in [6.45, 7) is 15.8. The Morgan fingerprint density at radius 3 is 2.21 bits per heavy atom. The van der Waals surface area contributed by atoms with Crippen molar-refractivity contribution < 1.29 is 28.7 Å². The summed E-state index contributed by atoms with van der Waals surface area (Å²) in [6, 6.07) is 14.0. The number of rotatable bonds is 5. The van der Waals surface area contributed by atoms with Crippen molar-refractivity contribution in [3.63, 3.8) is 0 Å². The molecule has 0 spiro atoms. The van der Waals surface area contributed by atoms with E-state index in [1.807, 2.05) is 89.1 Å². The fourth-order valence-corrected chi connectivity index (χ4v) is 6.15. The monoisotopic (exact) mass is 643 g/mol. The molecule has 0 N–H and O–H groups in total. The summed E-state index contributed by atoms with van der Waals surface area (Å²) >= 11 is 0. The number of ether oxygens (including phenoxy) is 2. The van der Waals surface area contributed by atoms with Crippen molar-refractivity contribution in [3.8, 4) is 0 Å². The Kier molecular flexibility index (Phi) is 9.21. The third kappa shape index (κ3) is 7.18. The Balaban J connectivity index is 1.43. The van der Waals surface area contributed by atoms with Crippen molar-refractivity contribution >= 4 is 35.3 Å². The molecule has 11 nitrogen and oxygen atoms in total. The predicted molar refractivity (Wildman–Crippen MR) is 178 cm³/mol. The van der Waals surface area contributed by atoms with Gasteiger partial charge in [-0.1, -0.05) is 25.1 Å². The number of fused-ring (bicyclic) bond motifs is 2. The molecule has 250 valence electrons. The summed E-state index contributed by atoms with van der Waals surface area (Å²) in [5, 5.41) is 0. The van der Waals surface area contributed by atoms with Crippen LogP contribution in [0.4, 0.5) is 21.0 Å². The molecule has 2 aliphatic heterocycles. The zero-order chi connectivity index (χ0) is 34.3. The standard InChI is InChI=1S/C36H45N5O6/c1-9-31(42)40-23(2)20-28(26-12-10-11-13-27(26)40)41(34(45)47-36(6,7)8)25-16-14-24(15-17-25)32(43)29-21-37-30-22-38(18-19-39(29)30)33(44)46-35(3,4)5/h10-17,21,23,28H,9,18-20,22H2,1-8H3/t23-,28+/m0/s1. The number of aromatic nitrogens is 2. The van der Waals surface area contributed by atoms with Crippen molar-refractivity contribution in [1.29, 1.82) is 0 Å². The first-order valence-electron chi connectivity index (χ1n) is 16.2. The van der Waals surface area contributed by atoms with Gasteiger partial charge in [0.1, 0.15) is 22.7 Å². The molecule has 0 saturated heterocycles. The van der Waals surface area contributed by atoms with E-state index in [1.165, 1.54) is 0 Å². The van der Waals surface area contributed by atoms with Gasteiger partial charge in [0.15, 0.2) is 0 Å². The Morgan fingerprint density at radius 1 is 0.915 bits per heavy atom. The van der Waals surface area contributed by atoms with Gasteiger partial charge in [0.25, 0.3) is 0 Å². The van der Waals surface area contributed by atoms with E-state index >= 15 is 0 Å². The molecular formula is C36H45N5O6. The summed E-state index contributed by atoms with van der Waals surface area (Å²) in [6.07, 6.45) is 1.49. The molecule has 3 heterocycles. The van der Waals surface area contributed by atoms with E-state index in [0.29, 0.717) is 48.7 Å². The van der Waals surface area contributed by atoms with E-state index in [1.54, 1.807) is 40.3 Å². The Labute approximate surface area is 276 Å². The number of imidazole rings is 1. The maximum Gasteiger partial charge on any atom is 0.415 e. The Bertz CT molecular complexity index is 1670. The summed E-state index contributed by atoms with van der Waals surface area (Å²) < 4.78 is 13.2. The minimum atomic E-state index is -0.741. The molecule has 1 aromatic heterocycles. The highest BCUT2D eigenvalue weighted by atomic mass is 16.6. The molecule has 0 fully saturated rings. The van der Waals surface area contributed by atoms with Gasteiger partial charge >= 0.3 is 12.2 Å². The molecule has 0 unspecified atom stereocenters. The maximum absolute atomic E-state index is 13.9. The van der Waals surface area contributed by atoms with Crippen molar-refractivity contribution in [2.75, 3.05) is 16.3 Å². The van der Waals surface area contributed by atoms with Crippen LogP contribution in [0.5, 0.6) is 0 Å². The third-order valence-corrected chi connectivity index (χ3v) is 8.19. The quantitative estimate of drug-likeness (QED) is 0.278. The highest BCUT2D eigenvalue weighted by molar-refractivity contribution is 6.08. The van der Waals surface area contributed by atoms with Crippen LogP contribution in [0.25, 0.3) is 0 Å². The van der Waals surface area contributed by atoms with Gasteiger partial charge in [-0.05, 0) is 90.8 Å². The Hall–Kier alpha value is -4.67. The first kappa shape index (κ1) is 33.7. The fraction of sp³-hybridized carbons (Fsp3) is 0.472. The SMILES string of the molecule is CCC(=O)N1c2ccccc2[C@H](N(C(=O)OC(C)(C)C)c2ccc(C(=O)c3cnc4n3CCN(C(=O)OC(C)(C)C)C4)cc2)C[C@@H]1C. The van der Waals surface area contributed by atoms with E-state index in [4.69, 9.17) is 9.47 Å². The van der Waals surface area contributed by atoms with E-state index in [9.17, 15) is 19.2 Å². The lowest BCUT2D eigenvalue weighted by atomic mass is 9.90. The predicted octanol–water partition coefficient (Wildman–Crippen LogP) is 6.88. The van der Waals surface area contributed by atoms with Gasteiger partial charge in [-0.3, -0.25) is 19.4 Å². The van der Waals surface area contributed by atoms with E-state index in [-0.39, 0.29) is 24.3 Å². The van der Waals surface area contributed by atoms with Crippen LogP contribution in [-0.4, -0.2) is 62.1 Å². The number of para-hydroxylation sites is 1. The van der Waals surface area contributed by atoms with E-state index in [2.05, 4.69) is 4.98 Å². The lowest BCUT2D eigenvalue weighted by Crippen LogP contribution is -2.48. The van der Waals surface area contributed by atoms with Crippen LogP contribution < -0.4 is 9.80 Å². The lowest BCUT2D eigenvalue weighted by Gasteiger charge is -2.43. The van der Waals surface area contributed by atoms with E-state index < -0.39 is 29.4 Å². The number of carbonyl (C=O) groups excluding carboxylic acids is 4. The number of anilines is 2. The summed E-state index contributed by atoms with van der Waals surface area (Å²) in [4.78, 5) is 62.6. The second-order valence-corrected chi connectivity index (χ2v) is 14.1. The molecule has 0 bridgehead atoms. The first-order valence-corrected chi connectivity index (χ1v) is 16.2. The van der Waals surface area contributed by atoms with Gasteiger partial charge in [0, 0.05) is 42.5 Å². The molecule has 3 aromatic rings. The van der Waals surface area contributed by atoms with Crippen molar-refractivity contribution in [2.24, 2.45) is 0 Å². The van der Waals surface area contributed by atoms with Crippen LogP contribution >= 0.6 is 0 Å². The third-order valence-electron chi connectivity index (χ3n) is 8.19. The molecule has 2 aromatic carbocycles. The number of amides is 3. The highest BCUT2D eigenvalue weighted by Crippen LogP contribution is 2.43. The Morgan fingerprint density at radius 2 is 1.57 bits per heavy atom. The number of carbonyl (C=O) groups is 4. The van der Waals surface area contributed by atoms with Crippen LogP contribution in [-0.2, 0) is 27.4 Å².